The van der Waals surface area contributed by atoms with Gasteiger partial charge in [0.05, 0.1) is 7.11 Å². The molecule has 0 saturated heterocycles. The fourth-order valence-electron chi connectivity index (χ4n) is 3.55. The Balaban J connectivity index is 1.83. The van der Waals surface area contributed by atoms with Gasteiger partial charge in [-0.3, -0.25) is 4.79 Å². The van der Waals surface area contributed by atoms with Crippen LogP contribution in [0, 0.1) is 5.92 Å². The van der Waals surface area contributed by atoms with Crippen LogP contribution >= 0.6 is 0 Å². The molecule has 2 bridgehead atoms. The Morgan fingerprint density at radius 2 is 1.95 bits per heavy atom. The van der Waals surface area contributed by atoms with Crippen LogP contribution in [0.3, 0.4) is 0 Å². The quantitative estimate of drug-likeness (QED) is 0.301. The average Bonchev–Trinajstić information content (AvgIpc) is 3.33. The van der Waals surface area contributed by atoms with Crippen LogP contribution in [0.4, 0.5) is 9.59 Å². The number of esters is 1. The van der Waals surface area contributed by atoms with E-state index >= 15 is 0 Å². The summed E-state index contributed by atoms with van der Waals surface area (Å²) in [5.74, 6) is -1.12. The summed E-state index contributed by atoms with van der Waals surface area (Å²) in [5.41, 5.74) is 0.783. The van der Waals surface area contributed by atoms with Gasteiger partial charge in [-0.15, -0.1) is 0 Å². The minimum atomic E-state index is -1.29. The average molecular weight is 529 g/mol. The molecular formula is C26H32N4O8. The second kappa shape index (κ2) is 13.8. The smallest absolute Gasteiger partial charge is 0.408 e. The van der Waals surface area contributed by atoms with E-state index in [1.54, 1.807) is 30.3 Å². The number of aromatic nitrogens is 1. The maximum atomic E-state index is 13.3. The lowest BCUT2D eigenvalue weighted by atomic mass is 10.0. The number of allylic oxidation sites excluding steroid dienone is 1. The van der Waals surface area contributed by atoms with Gasteiger partial charge in [0.25, 0.3) is 0 Å². The van der Waals surface area contributed by atoms with Crippen LogP contribution in [-0.2, 0) is 32.0 Å². The number of nitrogens with one attached hydrogen (secondary N) is 3. The van der Waals surface area contributed by atoms with E-state index in [1.165, 1.54) is 7.11 Å². The van der Waals surface area contributed by atoms with Crippen LogP contribution in [0.5, 0.6) is 0 Å². The number of hydrogen-bond acceptors (Lipinski definition) is 9. The molecule has 0 spiro atoms. The van der Waals surface area contributed by atoms with Crippen LogP contribution in [0.15, 0.2) is 46.9 Å². The predicted molar refractivity (Wildman–Crippen MR) is 134 cm³/mol. The summed E-state index contributed by atoms with van der Waals surface area (Å²) in [5, 5.41) is 7.75. The first kappa shape index (κ1) is 28.2. The van der Waals surface area contributed by atoms with Crippen LogP contribution in [0.1, 0.15) is 54.0 Å². The van der Waals surface area contributed by atoms with Crippen molar-refractivity contribution in [3.8, 4) is 0 Å². The van der Waals surface area contributed by atoms with Crippen molar-refractivity contribution >= 4 is 24.1 Å². The van der Waals surface area contributed by atoms with Gasteiger partial charge in [-0.1, -0.05) is 56.3 Å². The molecule has 0 fully saturated rings. The van der Waals surface area contributed by atoms with Crippen LogP contribution < -0.4 is 16.0 Å². The van der Waals surface area contributed by atoms with Gasteiger partial charge in [0, 0.05) is 13.0 Å². The summed E-state index contributed by atoms with van der Waals surface area (Å²) in [7, 11) is 1.24. The number of benzene rings is 1. The molecule has 2 atom stereocenters. The second-order valence-corrected chi connectivity index (χ2v) is 8.79. The summed E-state index contributed by atoms with van der Waals surface area (Å²) >= 11 is 0. The number of carbonyl (C=O) groups excluding carboxylic acids is 4. The molecule has 12 nitrogen and oxygen atoms in total. The number of rotatable bonds is 5. The van der Waals surface area contributed by atoms with Crippen molar-refractivity contribution in [1.29, 1.82) is 0 Å². The largest absolute Gasteiger partial charge is 0.464 e. The molecule has 3 N–H and O–H groups in total. The Morgan fingerprint density at radius 3 is 2.66 bits per heavy atom. The predicted octanol–water partition coefficient (Wildman–Crippen LogP) is 2.80. The first-order valence-electron chi connectivity index (χ1n) is 12.2. The second-order valence-electron chi connectivity index (χ2n) is 8.79. The zero-order chi connectivity index (χ0) is 27.5. The Hall–Kier alpha value is -4.35. The zero-order valence-electron chi connectivity index (χ0n) is 21.5. The lowest BCUT2D eigenvalue weighted by Crippen LogP contribution is -2.51. The third kappa shape index (κ3) is 8.08. The zero-order valence-corrected chi connectivity index (χ0v) is 21.5. The lowest BCUT2D eigenvalue weighted by Gasteiger charge is -2.23. The third-order valence-corrected chi connectivity index (χ3v) is 5.59. The SMILES string of the molecule is COC(=O)c1nc2oc1CCC=CCNC(=O)OC[C@H](NC(=O)OCc1ccccc1)C(=O)NC2C(C)C. The molecule has 1 aromatic heterocycles. The van der Waals surface area contributed by atoms with Crippen molar-refractivity contribution in [2.75, 3.05) is 20.3 Å². The summed E-state index contributed by atoms with van der Waals surface area (Å²) in [6.07, 6.45) is 2.73. The van der Waals surface area contributed by atoms with E-state index in [0.717, 1.165) is 5.56 Å². The Kier molecular flexibility index (Phi) is 10.3. The molecule has 3 rings (SSSR count). The van der Waals surface area contributed by atoms with Gasteiger partial charge in [0.1, 0.15) is 31.1 Å². The molecule has 2 heterocycles. The van der Waals surface area contributed by atoms with Crippen LogP contribution in [0.25, 0.3) is 0 Å². The number of nitrogens with zero attached hydrogens (tertiary/aromatic N) is 1. The van der Waals surface area contributed by atoms with E-state index in [2.05, 4.69) is 20.9 Å². The van der Waals surface area contributed by atoms with Gasteiger partial charge in [-0.05, 0) is 17.9 Å². The molecule has 1 aliphatic rings. The number of hydrogen-bond donors (Lipinski definition) is 3. The number of fused-ring (bicyclic) bond motifs is 2. The van der Waals surface area contributed by atoms with E-state index < -0.39 is 42.8 Å². The van der Waals surface area contributed by atoms with Crippen molar-refractivity contribution in [3.63, 3.8) is 0 Å². The third-order valence-electron chi connectivity index (χ3n) is 5.59. The Bertz CT molecular complexity index is 1150. The van der Waals surface area contributed by atoms with Crippen molar-refractivity contribution in [2.45, 2.75) is 45.4 Å². The number of ether oxygens (including phenoxy) is 3. The summed E-state index contributed by atoms with van der Waals surface area (Å²) in [4.78, 5) is 54.5. The molecule has 0 radical (unpaired) electrons. The van der Waals surface area contributed by atoms with Gasteiger partial charge < -0.3 is 34.6 Å². The van der Waals surface area contributed by atoms with Gasteiger partial charge in [0.15, 0.2) is 5.69 Å². The van der Waals surface area contributed by atoms with E-state index in [0.29, 0.717) is 18.6 Å². The molecule has 2 aromatic rings. The number of cyclic esters (lactones) is 1. The summed E-state index contributed by atoms with van der Waals surface area (Å²) in [6, 6.07) is 6.97. The molecule has 1 aromatic carbocycles. The number of carbonyl (C=O) groups is 4. The maximum Gasteiger partial charge on any atom is 0.408 e. The van der Waals surface area contributed by atoms with E-state index in [9.17, 15) is 19.2 Å². The van der Waals surface area contributed by atoms with Crippen molar-refractivity contribution in [3.05, 3.63) is 65.4 Å². The lowest BCUT2D eigenvalue weighted by molar-refractivity contribution is -0.125. The Morgan fingerprint density at radius 1 is 1.18 bits per heavy atom. The van der Waals surface area contributed by atoms with E-state index in [1.807, 2.05) is 26.0 Å². The molecular weight excluding hydrogens is 496 g/mol. The number of aryl methyl sites for hydroxylation is 1. The van der Waals surface area contributed by atoms with Crippen LogP contribution in [0.2, 0.25) is 0 Å². The normalized spacial score (nSPS) is 18.6. The highest BCUT2D eigenvalue weighted by Crippen LogP contribution is 2.25. The molecule has 3 amide bonds. The highest BCUT2D eigenvalue weighted by atomic mass is 16.6. The fraction of sp³-hybridized carbons (Fsp3) is 0.423. The highest BCUT2D eigenvalue weighted by Gasteiger charge is 2.32. The minimum Gasteiger partial charge on any atom is -0.464 e. The summed E-state index contributed by atoms with van der Waals surface area (Å²) in [6.45, 7) is 3.35. The monoisotopic (exact) mass is 528 g/mol. The van der Waals surface area contributed by atoms with Crippen molar-refractivity contribution < 1.29 is 37.8 Å². The molecule has 0 saturated carbocycles. The van der Waals surface area contributed by atoms with Gasteiger partial charge in [0.2, 0.25) is 11.8 Å². The first-order chi connectivity index (χ1) is 18.3. The van der Waals surface area contributed by atoms with Crippen molar-refractivity contribution in [1.82, 2.24) is 20.9 Å². The molecule has 1 unspecified atom stereocenters. The fourth-order valence-corrected chi connectivity index (χ4v) is 3.55. The number of oxazole rings is 1. The molecule has 1 aliphatic heterocycles. The minimum absolute atomic E-state index is 0.0152. The standard InChI is InChI=1S/C26H32N4O8/c1-16(2)20-23-30-21(24(32)35-3)19(38-23)12-8-5-9-13-27-25(33)37-15-18(22(31)29-20)28-26(34)36-14-17-10-6-4-7-11-17/h4-7,9-11,16,18,20H,8,12-15H2,1-3H3,(H,27,33)(H,28,34)(H,29,31)/t18-,20?/m0/s1. The molecule has 38 heavy (non-hydrogen) atoms. The number of amides is 3. The van der Waals surface area contributed by atoms with E-state index in [-0.39, 0.29) is 30.7 Å². The number of alkyl carbamates (subject to hydrolysis) is 2. The van der Waals surface area contributed by atoms with Gasteiger partial charge >= 0.3 is 18.2 Å². The number of methoxy groups -OCH3 is 1. The van der Waals surface area contributed by atoms with Gasteiger partial charge in [-0.2, -0.15) is 0 Å². The Labute approximate surface area is 220 Å². The van der Waals surface area contributed by atoms with E-state index in [4.69, 9.17) is 18.6 Å². The maximum absolute atomic E-state index is 13.3. The van der Waals surface area contributed by atoms with Crippen molar-refractivity contribution in [2.24, 2.45) is 5.92 Å². The van der Waals surface area contributed by atoms with Crippen LogP contribution in [-0.4, -0.2) is 55.4 Å². The first-order valence-corrected chi connectivity index (χ1v) is 12.2. The topological polar surface area (TPSA) is 158 Å². The molecule has 204 valence electrons. The highest BCUT2D eigenvalue weighted by molar-refractivity contribution is 5.88. The van der Waals surface area contributed by atoms with Gasteiger partial charge in [-0.25, -0.2) is 19.4 Å². The molecule has 12 heteroatoms. The molecule has 0 aliphatic carbocycles. The summed E-state index contributed by atoms with van der Waals surface area (Å²) < 4.78 is 21.1.